The van der Waals surface area contributed by atoms with Crippen LogP contribution in [0.5, 0.6) is 0 Å². The maximum atomic E-state index is 13.0. The van der Waals surface area contributed by atoms with Crippen LogP contribution in [0, 0.1) is 17.3 Å². The number of halogens is 1. The Morgan fingerprint density at radius 2 is 2.08 bits per heavy atom. The highest BCUT2D eigenvalue weighted by atomic mass is 35.5. The lowest BCUT2D eigenvalue weighted by atomic mass is 9.86. The van der Waals surface area contributed by atoms with E-state index in [1.165, 1.54) is 11.5 Å². The molecule has 2 N–H and O–H groups in total. The minimum atomic E-state index is -0.480. The van der Waals surface area contributed by atoms with E-state index in [4.69, 9.17) is 16.3 Å². The summed E-state index contributed by atoms with van der Waals surface area (Å²) in [6.07, 6.45) is 2.13. The molecule has 1 fully saturated rings. The van der Waals surface area contributed by atoms with Crippen molar-refractivity contribution in [3.05, 3.63) is 52.5 Å². The van der Waals surface area contributed by atoms with Crippen molar-refractivity contribution in [2.75, 3.05) is 37.0 Å². The third kappa shape index (κ3) is 5.76. The largest absolute Gasteiger partial charge is 0.449 e. The number of esters is 1. The summed E-state index contributed by atoms with van der Waals surface area (Å²) in [6, 6.07) is 12.0. The number of nitrogens with one attached hydrogen (secondary N) is 2. The second kappa shape index (κ2) is 10.6. The molecule has 2 unspecified atom stereocenters. The number of benzene rings is 2. The van der Waals surface area contributed by atoms with Gasteiger partial charge < -0.3 is 15.4 Å². The van der Waals surface area contributed by atoms with Crippen molar-refractivity contribution >= 4 is 56.6 Å². The third-order valence-corrected chi connectivity index (χ3v) is 8.81. The molecular formula is C28H33ClN4O3S. The van der Waals surface area contributed by atoms with Gasteiger partial charge in [0.1, 0.15) is 12.5 Å². The van der Waals surface area contributed by atoms with Gasteiger partial charge in [-0.25, -0.2) is 0 Å². The number of fused-ring (bicyclic) bond motifs is 2. The van der Waals surface area contributed by atoms with Gasteiger partial charge in [-0.2, -0.15) is 4.37 Å². The zero-order chi connectivity index (χ0) is 26.2. The molecule has 2 heterocycles. The lowest BCUT2D eigenvalue weighted by Crippen LogP contribution is -2.37. The summed E-state index contributed by atoms with van der Waals surface area (Å²) in [5.41, 5.74) is 2.27. The Kier molecular flexibility index (Phi) is 7.43. The van der Waals surface area contributed by atoms with Crippen LogP contribution in [0.3, 0.4) is 0 Å². The lowest BCUT2D eigenvalue weighted by Gasteiger charge is -2.27. The maximum absolute atomic E-state index is 13.0. The van der Waals surface area contributed by atoms with Gasteiger partial charge in [0.25, 0.3) is 0 Å². The molecule has 1 saturated carbocycles. The van der Waals surface area contributed by atoms with E-state index in [0.29, 0.717) is 49.3 Å². The molecule has 2 aliphatic rings. The monoisotopic (exact) mass is 540 g/mol. The van der Waals surface area contributed by atoms with Crippen molar-refractivity contribution in [1.82, 2.24) is 9.27 Å². The molecule has 0 spiro atoms. The van der Waals surface area contributed by atoms with Gasteiger partial charge >= 0.3 is 5.97 Å². The minimum absolute atomic E-state index is 0.00927. The van der Waals surface area contributed by atoms with Gasteiger partial charge in [-0.15, -0.1) is 0 Å². The number of ether oxygens (including phenoxy) is 1. The minimum Gasteiger partial charge on any atom is -0.449 e. The molecule has 7 nitrogen and oxygen atoms in total. The summed E-state index contributed by atoms with van der Waals surface area (Å²) >= 11 is 8.01. The standard InChI is InChI=1S/C28H33ClN4O3S/c1-17-12-21(17)28(2,3)27(35)36-16-33(11-9-30-26-20-6-4-5-7-24(20)37-32-26)10-8-18-13-19-14-25(34)31-23(19)15-22(18)29/h4-7,13,15,17,21H,8-12,14,16H2,1-3H3,(H,30,32)(H,31,34). The topological polar surface area (TPSA) is 83.6 Å². The molecule has 3 aromatic rings. The van der Waals surface area contributed by atoms with Crippen LogP contribution in [-0.2, 0) is 27.2 Å². The van der Waals surface area contributed by atoms with E-state index in [1.807, 2.05) is 38.1 Å². The van der Waals surface area contributed by atoms with Crippen molar-refractivity contribution in [3.63, 3.8) is 0 Å². The van der Waals surface area contributed by atoms with Crippen LogP contribution in [0.1, 0.15) is 38.3 Å². The highest BCUT2D eigenvalue weighted by Crippen LogP contribution is 2.51. The average molecular weight is 541 g/mol. The predicted molar refractivity (Wildman–Crippen MR) is 149 cm³/mol. The van der Waals surface area contributed by atoms with Crippen molar-refractivity contribution in [2.45, 2.75) is 40.0 Å². The Hall–Kier alpha value is -2.68. The van der Waals surface area contributed by atoms with Gasteiger partial charge in [-0.1, -0.05) is 36.7 Å². The first-order valence-electron chi connectivity index (χ1n) is 12.8. The molecule has 196 valence electrons. The number of carbonyl (C=O) groups is 2. The van der Waals surface area contributed by atoms with E-state index >= 15 is 0 Å². The number of anilines is 2. The Morgan fingerprint density at radius 1 is 1.30 bits per heavy atom. The van der Waals surface area contributed by atoms with Crippen LogP contribution in [-0.4, -0.2) is 47.5 Å². The van der Waals surface area contributed by atoms with Crippen molar-refractivity contribution in [3.8, 4) is 0 Å². The third-order valence-electron chi connectivity index (χ3n) is 7.63. The summed E-state index contributed by atoms with van der Waals surface area (Å²) in [5.74, 6) is 1.67. The van der Waals surface area contributed by atoms with Crippen LogP contribution in [0.2, 0.25) is 5.02 Å². The van der Waals surface area contributed by atoms with Crippen molar-refractivity contribution < 1.29 is 14.3 Å². The van der Waals surface area contributed by atoms with Gasteiger partial charge in [0.05, 0.1) is 16.5 Å². The van der Waals surface area contributed by atoms with Crippen LogP contribution in [0.25, 0.3) is 10.1 Å². The Labute approximate surface area is 226 Å². The fourth-order valence-electron chi connectivity index (χ4n) is 5.17. The zero-order valence-electron chi connectivity index (χ0n) is 21.5. The van der Waals surface area contributed by atoms with E-state index in [1.54, 1.807) is 0 Å². The van der Waals surface area contributed by atoms with Crippen LogP contribution in [0.4, 0.5) is 11.5 Å². The average Bonchev–Trinajstić information content (AvgIpc) is 3.32. The first-order chi connectivity index (χ1) is 17.7. The summed E-state index contributed by atoms with van der Waals surface area (Å²) in [7, 11) is 0. The second-order valence-electron chi connectivity index (χ2n) is 10.7. The number of hydrogen-bond acceptors (Lipinski definition) is 7. The molecule has 1 aliphatic carbocycles. The van der Waals surface area contributed by atoms with E-state index in [9.17, 15) is 9.59 Å². The number of rotatable bonds is 11. The van der Waals surface area contributed by atoms with E-state index in [0.717, 1.165) is 39.1 Å². The Balaban J connectivity index is 1.23. The van der Waals surface area contributed by atoms with Gasteiger partial charge in [0.2, 0.25) is 5.91 Å². The molecule has 1 aliphatic heterocycles. The normalized spacial score (nSPS) is 18.7. The quantitative estimate of drug-likeness (QED) is 0.244. The van der Waals surface area contributed by atoms with Crippen LogP contribution in [0.15, 0.2) is 36.4 Å². The number of carbonyl (C=O) groups excluding carboxylic acids is 2. The molecule has 0 saturated heterocycles. The van der Waals surface area contributed by atoms with Gasteiger partial charge in [-0.05, 0) is 79.4 Å². The van der Waals surface area contributed by atoms with E-state index in [2.05, 4.69) is 39.0 Å². The fourth-order valence-corrected chi connectivity index (χ4v) is 6.18. The summed E-state index contributed by atoms with van der Waals surface area (Å²) in [6.45, 7) is 8.36. The first kappa shape index (κ1) is 25.9. The molecule has 0 bridgehead atoms. The van der Waals surface area contributed by atoms with Crippen molar-refractivity contribution in [2.24, 2.45) is 17.3 Å². The Morgan fingerprint density at radius 3 is 2.86 bits per heavy atom. The summed E-state index contributed by atoms with van der Waals surface area (Å²) in [5, 5.41) is 8.03. The molecule has 37 heavy (non-hydrogen) atoms. The molecule has 0 radical (unpaired) electrons. The molecule has 9 heteroatoms. The summed E-state index contributed by atoms with van der Waals surface area (Å²) < 4.78 is 11.5. The smallest absolute Gasteiger partial charge is 0.313 e. The van der Waals surface area contributed by atoms with Crippen LogP contribution >= 0.6 is 23.1 Å². The van der Waals surface area contributed by atoms with Gasteiger partial charge in [0.15, 0.2) is 0 Å². The van der Waals surface area contributed by atoms with E-state index < -0.39 is 5.41 Å². The van der Waals surface area contributed by atoms with Crippen molar-refractivity contribution in [1.29, 1.82) is 0 Å². The molecule has 5 rings (SSSR count). The zero-order valence-corrected chi connectivity index (χ0v) is 23.0. The number of aromatic nitrogens is 1. The molecule has 1 amide bonds. The van der Waals surface area contributed by atoms with E-state index in [-0.39, 0.29) is 18.6 Å². The summed E-state index contributed by atoms with van der Waals surface area (Å²) in [4.78, 5) is 26.8. The predicted octanol–water partition coefficient (Wildman–Crippen LogP) is 5.58. The highest BCUT2D eigenvalue weighted by molar-refractivity contribution is 7.13. The number of amides is 1. The maximum Gasteiger partial charge on any atom is 0.313 e. The molecular weight excluding hydrogens is 508 g/mol. The Bertz CT molecular complexity index is 1320. The second-order valence-corrected chi connectivity index (χ2v) is 12.0. The lowest BCUT2D eigenvalue weighted by molar-refractivity contribution is -0.160. The van der Waals surface area contributed by atoms with Gasteiger partial charge in [0, 0.05) is 35.7 Å². The number of hydrogen-bond donors (Lipinski definition) is 2. The molecule has 2 atom stereocenters. The van der Waals surface area contributed by atoms with Gasteiger partial charge in [-0.3, -0.25) is 14.5 Å². The fraction of sp³-hybridized carbons (Fsp3) is 0.464. The first-order valence-corrected chi connectivity index (χ1v) is 14.0. The SMILES string of the molecule is CC1CC1C(C)(C)C(=O)OCN(CCNc1nsc2ccccc12)CCc1cc2c(cc1Cl)NC(=O)C2. The molecule has 2 aromatic carbocycles. The highest BCUT2D eigenvalue weighted by Gasteiger charge is 2.50. The number of nitrogens with zero attached hydrogens (tertiary/aromatic N) is 2. The van der Waals surface area contributed by atoms with Crippen LogP contribution < -0.4 is 10.6 Å². The molecule has 1 aromatic heterocycles.